The Morgan fingerprint density at radius 1 is 1.30 bits per heavy atom. The monoisotopic (exact) mass is 403 g/mol. The lowest BCUT2D eigenvalue weighted by Gasteiger charge is -2.23. The highest BCUT2D eigenvalue weighted by atomic mass is 16.5. The average Bonchev–Trinajstić information content (AvgIpc) is 3.37. The Morgan fingerprint density at radius 2 is 2.10 bits per heavy atom. The van der Waals surface area contributed by atoms with Gasteiger partial charge in [0.05, 0.1) is 24.5 Å². The lowest BCUT2D eigenvalue weighted by Crippen LogP contribution is -2.41. The first-order valence-electron chi connectivity index (χ1n) is 10.4. The Bertz CT molecular complexity index is 1000. The van der Waals surface area contributed by atoms with Crippen molar-refractivity contribution < 1.29 is 14.3 Å². The number of amides is 2. The van der Waals surface area contributed by atoms with E-state index >= 15 is 0 Å². The molecule has 154 valence electrons. The molecule has 1 aromatic heterocycles. The summed E-state index contributed by atoms with van der Waals surface area (Å²) in [4.78, 5) is 32.4. The van der Waals surface area contributed by atoms with Crippen molar-refractivity contribution in [2.24, 2.45) is 11.8 Å². The van der Waals surface area contributed by atoms with Gasteiger partial charge in [0, 0.05) is 24.6 Å². The van der Waals surface area contributed by atoms with E-state index in [0.717, 1.165) is 11.3 Å². The molecule has 2 amide bonds. The summed E-state index contributed by atoms with van der Waals surface area (Å²) in [5, 5.41) is 3.00. The Hall–Kier alpha value is -2.99. The minimum absolute atomic E-state index is 0.0268. The van der Waals surface area contributed by atoms with Crippen molar-refractivity contribution in [3.05, 3.63) is 72.1 Å². The van der Waals surface area contributed by atoms with Gasteiger partial charge in [-0.25, -0.2) is 0 Å². The number of nitrogens with zero attached hydrogens (tertiary/aromatic N) is 2. The lowest BCUT2D eigenvalue weighted by atomic mass is 9.76. The number of carbonyl (C=O) groups excluding carboxylic acids is 2. The SMILES string of the molecule is CC(C)c1ccc(NC(=O)[C@@H]2C3C=CC4(CN(Cc5cccnc5)C(=O)[C@H]24)O3)cc1. The molecule has 1 spiro atoms. The smallest absolute Gasteiger partial charge is 0.231 e. The van der Waals surface area contributed by atoms with Crippen molar-refractivity contribution in [3.8, 4) is 0 Å². The molecule has 4 heterocycles. The van der Waals surface area contributed by atoms with E-state index in [2.05, 4.69) is 24.1 Å². The minimum Gasteiger partial charge on any atom is -0.360 e. The van der Waals surface area contributed by atoms with Crippen LogP contribution in [0, 0.1) is 11.8 Å². The first-order valence-corrected chi connectivity index (χ1v) is 10.4. The van der Waals surface area contributed by atoms with E-state index in [1.54, 1.807) is 17.3 Å². The maximum atomic E-state index is 13.3. The maximum absolute atomic E-state index is 13.3. The molecule has 3 aliphatic rings. The zero-order valence-electron chi connectivity index (χ0n) is 17.1. The molecule has 6 heteroatoms. The molecule has 2 bridgehead atoms. The number of likely N-dealkylation sites (tertiary alicyclic amines) is 1. The highest BCUT2D eigenvalue weighted by Gasteiger charge is 2.66. The van der Waals surface area contributed by atoms with Crippen LogP contribution in [0.2, 0.25) is 0 Å². The number of hydrogen-bond acceptors (Lipinski definition) is 4. The van der Waals surface area contributed by atoms with E-state index in [0.29, 0.717) is 19.0 Å². The zero-order chi connectivity index (χ0) is 20.9. The summed E-state index contributed by atoms with van der Waals surface area (Å²) in [5.74, 6) is -0.767. The third-order valence-electron chi connectivity index (χ3n) is 6.42. The van der Waals surface area contributed by atoms with Gasteiger partial charge >= 0.3 is 0 Å². The van der Waals surface area contributed by atoms with Crippen molar-refractivity contribution in [2.45, 2.75) is 38.0 Å². The molecule has 2 fully saturated rings. The summed E-state index contributed by atoms with van der Waals surface area (Å²) in [6, 6.07) is 11.7. The quantitative estimate of drug-likeness (QED) is 0.779. The number of nitrogens with one attached hydrogen (secondary N) is 1. The van der Waals surface area contributed by atoms with E-state index in [9.17, 15) is 9.59 Å². The van der Waals surface area contributed by atoms with Gasteiger partial charge in [-0.15, -0.1) is 0 Å². The Kier molecular flexibility index (Phi) is 4.47. The van der Waals surface area contributed by atoms with Crippen LogP contribution in [-0.2, 0) is 20.9 Å². The number of rotatable bonds is 5. The van der Waals surface area contributed by atoms with Crippen molar-refractivity contribution in [1.29, 1.82) is 0 Å². The van der Waals surface area contributed by atoms with Crippen LogP contribution in [0.5, 0.6) is 0 Å². The summed E-state index contributed by atoms with van der Waals surface area (Å²) < 4.78 is 6.19. The minimum atomic E-state index is -0.701. The van der Waals surface area contributed by atoms with E-state index in [-0.39, 0.29) is 17.9 Å². The second-order valence-electron chi connectivity index (χ2n) is 8.72. The molecule has 30 heavy (non-hydrogen) atoms. The number of ether oxygens (including phenoxy) is 1. The first kappa shape index (κ1) is 19.0. The van der Waals surface area contributed by atoms with Crippen LogP contribution in [0.25, 0.3) is 0 Å². The zero-order valence-corrected chi connectivity index (χ0v) is 17.1. The summed E-state index contributed by atoms with van der Waals surface area (Å²) in [6.45, 7) is 5.20. The van der Waals surface area contributed by atoms with E-state index in [4.69, 9.17) is 4.74 Å². The van der Waals surface area contributed by atoms with Crippen LogP contribution in [0.4, 0.5) is 5.69 Å². The fourth-order valence-electron chi connectivity index (χ4n) is 4.90. The van der Waals surface area contributed by atoms with Crippen molar-refractivity contribution in [3.63, 3.8) is 0 Å². The number of anilines is 1. The fourth-order valence-corrected chi connectivity index (χ4v) is 4.90. The maximum Gasteiger partial charge on any atom is 0.231 e. The third kappa shape index (κ3) is 3.03. The number of carbonyl (C=O) groups is 2. The highest BCUT2D eigenvalue weighted by Crippen LogP contribution is 2.52. The van der Waals surface area contributed by atoms with Gasteiger partial charge in [-0.2, -0.15) is 0 Å². The van der Waals surface area contributed by atoms with Crippen LogP contribution in [0.15, 0.2) is 60.9 Å². The van der Waals surface area contributed by atoms with Crippen LogP contribution < -0.4 is 5.32 Å². The number of aromatic nitrogens is 1. The predicted molar refractivity (Wildman–Crippen MR) is 113 cm³/mol. The summed E-state index contributed by atoms with van der Waals surface area (Å²) in [6.07, 6.45) is 7.03. The molecule has 0 aliphatic carbocycles. The molecule has 2 unspecified atom stereocenters. The number of fused-ring (bicyclic) bond motifs is 1. The van der Waals surface area contributed by atoms with Gasteiger partial charge in [0.1, 0.15) is 5.60 Å². The molecule has 6 nitrogen and oxygen atoms in total. The van der Waals surface area contributed by atoms with Crippen molar-refractivity contribution in [2.75, 3.05) is 11.9 Å². The van der Waals surface area contributed by atoms with Gasteiger partial charge < -0.3 is 15.0 Å². The van der Waals surface area contributed by atoms with Gasteiger partial charge in [0.25, 0.3) is 0 Å². The van der Waals surface area contributed by atoms with Gasteiger partial charge in [0.15, 0.2) is 0 Å². The van der Waals surface area contributed by atoms with Gasteiger partial charge in [-0.1, -0.05) is 44.2 Å². The first-order chi connectivity index (χ1) is 14.5. The lowest BCUT2D eigenvalue weighted by molar-refractivity contribution is -0.136. The second kappa shape index (κ2) is 7.06. The number of hydrogen-bond donors (Lipinski definition) is 1. The highest BCUT2D eigenvalue weighted by molar-refractivity contribution is 5.99. The Labute approximate surface area is 175 Å². The molecule has 3 aliphatic heterocycles. The van der Waals surface area contributed by atoms with Crippen LogP contribution in [0.1, 0.15) is 30.9 Å². The van der Waals surface area contributed by atoms with E-state index < -0.39 is 17.4 Å². The van der Waals surface area contributed by atoms with Gasteiger partial charge in [0.2, 0.25) is 11.8 Å². The molecule has 2 saturated heterocycles. The van der Waals surface area contributed by atoms with E-state index in [1.165, 1.54) is 5.56 Å². The molecule has 4 atom stereocenters. The topological polar surface area (TPSA) is 71.5 Å². The van der Waals surface area contributed by atoms with E-state index in [1.807, 2.05) is 48.6 Å². The van der Waals surface area contributed by atoms with Crippen LogP contribution in [0.3, 0.4) is 0 Å². The summed E-state index contributed by atoms with van der Waals surface area (Å²) in [7, 11) is 0. The Morgan fingerprint density at radius 3 is 2.80 bits per heavy atom. The normalized spacial score (nSPS) is 29.0. The molecular formula is C24H25N3O3. The van der Waals surface area contributed by atoms with Gasteiger partial charge in [-0.3, -0.25) is 14.6 Å². The molecule has 0 saturated carbocycles. The van der Waals surface area contributed by atoms with Crippen LogP contribution >= 0.6 is 0 Å². The molecule has 1 N–H and O–H groups in total. The molecular weight excluding hydrogens is 378 g/mol. The molecule has 5 rings (SSSR count). The van der Waals surface area contributed by atoms with Gasteiger partial charge in [-0.05, 0) is 35.2 Å². The Balaban J connectivity index is 1.35. The largest absolute Gasteiger partial charge is 0.360 e. The number of pyridine rings is 1. The predicted octanol–water partition coefficient (Wildman–Crippen LogP) is 3.13. The number of benzene rings is 1. The third-order valence-corrected chi connectivity index (χ3v) is 6.42. The van der Waals surface area contributed by atoms with Crippen molar-refractivity contribution in [1.82, 2.24) is 9.88 Å². The van der Waals surface area contributed by atoms with Crippen LogP contribution in [-0.4, -0.2) is 39.9 Å². The summed E-state index contributed by atoms with van der Waals surface area (Å²) >= 11 is 0. The average molecular weight is 403 g/mol. The molecule has 2 aromatic rings. The molecule has 1 aromatic carbocycles. The summed E-state index contributed by atoms with van der Waals surface area (Å²) in [5.41, 5.74) is 2.22. The fraction of sp³-hybridized carbons (Fsp3) is 0.375. The molecule has 0 radical (unpaired) electrons. The standard InChI is InChI=1S/C24H25N3O3/c1-15(2)17-5-7-18(8-6-17)26-22(28)20-19-9-10-24(30-19)14-27(23(29)21(20)24)13-16-4-3-11-25-12-16/h3-12,15,19-21H,13-14H2,1-2H3,(H,26,28)/t19?,20-,21+,24?/m1/s1. The second-order valence-corrected chi connectivity index (χ2v) is 8.72. The van der Waals surface area contributed by atoms with Crippen molar-refractivity contribution >= 4 is 17.5 Å².